The van der Waals surface area contributed by atoms with Gasteiger partial charge in [0.15, 0.2) is 11.9 Å². The summed E-state index contributed by atoms with van der Waals surface area (Å²) >= 11 is 0. The molecule has 1 aromatic carbocycles. The van der Waals surface area contributed by atoms with Gasteiger partial charge in [-0.2, -0.15) is 0 Å². The van der Waals surface area contributed by atoms with E-state index in [0.29, 0.717) is 26.3 Å². The lowest BCUT2D eigenvalue weighted by Gasteiger charge is -2.39. The molecule has 1 aliphatic carbocycles. The zero-order valence-corrected chi connectivity index (χ0v) is 14.7. The lowest BCUT2D eigenvalue weighted by atomic mass is 10.0. The van der Waals surface area contributed by atoms with E-state index in [1.807, 2.05) is 35.2 Å². The number of hydrogen-bond acceptors (Lipinski definition) is 4. The van der Waals surface area contributed by atoms with Gasteiger partial charge in [0.1, 0.15) is 0 Å². The first kappa shape index (κ1) is 17.0. The third-order valence-electron chi connectivity index (χ3n) is 5.61. The van der Waals surface area contributed by atoms with E-state index in [2.05, 4.69) is 0 Å². The monoisotopic (exact) mass is 345 g/mol. The maximum absolute atomic E-state index is 13.2. The summed E-state index contributed by atoms with van der Waals surface area (Å²) in [7, 11) is 0. The molecule has 4 rings (SSSR count). The van der Waals surface area contributed by atoms with Gasteiger partial charge in [-0.25, -0.2) is 0 Å². The third kappa shape index (κ3) is 3.73. The predicted octanol–water partition coefficient (Wildman–Crippen LogP) is 3.05. The van der Waals surface area contributed by atoms with Gasteiger partial charge in [-0.15, -0.1) is 0 Å². The molecule has 1 atom stereocenters. The number of nitrogens with zero attached hydrogens (tertiary/aromatic N) is 1. The van der Waals surface area contributed by atoms with Crippen molar-refractivity contribution in [3.05, 3.63) is 35.9 Å². The molecule has 2 saturated heterocycles. The van der Waals surface area contributed by atoms with E-state index < -0.39 is 11.9 Å². The molecule has 3 fully saturated rings. The molecule has 1 aromatic rings. The van der Waals surface area contributed by atoms with Crippen LogP contribution in [0.4, 0.5) is 0 Å². The summed E-state index contributed by atoms with van der Waals surface area (Å²) in [6.07, 6.45) is 5.69. The quantitative estimate of drug-likeness (QED) is 0.841. The van der Waals surface area contributed by atoms with Crippen LogP contribution in [0.25, 0.3) is 0 Å². The van der Waals surface area contributed by atoms with Crippen LogP contribution < -0.4 is 0 Å². The molecule has 5 nitrogen and oxygen atoms in total. The largest absolute Gasteiger partial charge is 0.360 e. The summed E-state index contributed by atoms with van der Waals surface area (Å²) in [5.74, 6) is -0.378. The van der Waals surface area contributed by atoms with Gasteiger partial charge in [-0.3, -0.25) is 4.79 Å². The highest BCUT2D eigenvalue weighted by Gasteiger charge is 2.42. The average molecular weight is 345 g/mol. The minimum atomic E-state index is -0.497. The van der Waals surface area contributed by atoms with E-state index in [4.69, 9.17) is 14.2 Å². The van der Waals surface area contributed by atoms with Crippen molar-refractivity contribution in [2.75, 3.05) is 26.3 Å². The summed E-state index contributed by atoms with van der Waals surface area (Å²) in [5.41, 5.74) is 0.952. The lowest BCUT2D eigenvalue weighted by Crippen LogP contribution is -2.49. The van der Waals surface area contributed by atoms with Crippen molar-refractivity contribution in [1.82, 2.24) is 4.90 Å². The van der Waals surface area contributed by atoms with Crippen LogP contribution in [-0.4, -0.2) is 49.0 Å². The molecule has 25 heavy (non-hydrogen) atoms. The second-order valence-electron chi connectivity index (χ2n) is 7.27. The van der Waals surface area contributed by atoms with Crippen molar-refractivity contribution in [3.8, 4) is 0 Å². The molecule has 5 heteroatoms. The van der Waals surface area contributed by atoms with Gasteiger partial charge in [-0.1, -0.05) is 43.2 Å². The zero-order chi connectivity index (χ0) is 17.1. The second kappa shape index (κ2) is 7.44. The Balaban J connectivity index is 1.45. The zero-order valence-electron chi connectivity index (χ0n) is 14.7. The molecule has 3 aliphatic rings. The maximum Gasteiger partial charge on any atom is 0.256 e. The SMILES string of the molecule is O=C([C@H](OC1CCCC1)c1ccccc1)N1CCC2(CC1)OCCO2. The fourth-order valence-corrected chi connectivity index (χ4v) is 4.14. The molecule has 0 bridgehead atoms. The Kier molecular flexibility index (Phi) is 5.06. The first-order valence-electron chi connectivity index (χ1n) is 9.53. The fourth-order valence-electron chi connectivity index (χ4n) is 4.14. The van der Waals surface area contributed by atoms with E-state index in [9.17, 15) is 4.79 Å². The molecular formula is C20H27NO4. The molecule has 0 unspecified atom stereocenters. The summed E-state index contributed by atoms with van der Waals surface area (Å²) in [6.45, 7) is 2.64. The molecular weight excluding hydrogens is 318 g/mol. The molecule has 136 valence electrons. The van der Waals surface area contributed by atoms with Gasteiger partial charge in [0.05, 0.1) is 19.3 Å². The summed E-state index contributed by atoms with van der Waals surface area (Å²) < 4.78 is 17.8. The van der Waals surface area contributed by atoms with E-state index in [0.717, 1.165) is 31.2 Å². The number of hydrogen-bond donors (Lipinski definition) is 0. The Bertz CT molecular complexity index is 569. The Morgan fingerprint density at radius 3 is 2.36 bits per heavy atom. The van der Waals surface area contributed by atoms with Gasteiger partial charge >= 0.3 is 0 Å². The van der Waals surface area contributed by atoms with Crippen LogP contribution in [0, 0.1) is 0 Å². The Morgan fingerprint density at radius 2 is 1.72 bits per heavy atom. The van der Waals surface area contributed by atoms with Gasteiger partial charge in [0.2, 0.25) is 0 Å². The Hall–Kier alpha value is -1.43. The smallest absolute Gasteiger partial charge is 0.256 e. The minimum Gasteiger partial charge on any atom is -0.360 e. The number of benzene rings is 1. The first-order valence-corrected chi connectivity index (χ1v) is 9.53. The molecule has 2 aliphatic heterocycles. The second-order valence-corrected chi connectivity index (χ2v) is 7.27. The highest BCUT2D eigenvalue weighted by Crippen LogP contribution is 2.34. The number of piperidine rings is 1. The number of ether oxygens (including phenoxy) is 3. The fraction of sp³-hybridized carbons (Fsp3) is 0.650. The number of carbonyl (C=O) groups is 1. The Morgan fingerprint density at radius 1 is 1.08 bits per heavy atom. The van der Waals surface area contributed by atoms with Crippen molar-refractivity contribution < 1.29 is 19.0 Å². The number of likely N-dealkylation sites (tertiary alicyclic amines) is 1. The number of amides is 1. The molecule has 0 radical (unpaired) electrons. The van der Waals surface area contributed by atoms with E-state index in [1.165, 1.54) is 12.8 Å². The summed E-state index contributed by atoms with van der Waals surface area (Å²) in [5, 5.41) is 0. The van der Waals surface area contributed by atoms with Gasteiger partial charge in [0.25, 0.3) is 5.91 Å². The van der Waals surface area contributed by atoms with Crippen molar-refractivity contribution in [1.29, 1.82) is 0 Å². The van der Waals surface area contributed by atoms with Gasteiger partial charge in [0, 0.05) is 25.9 Å². The highest BCUT2D eigenvalue weighted by molar-refractivity contribution is 5.82. The number of rotatable bonds is 4. The van der Waals surface area contributed by atoms with Crippen LogP contribution >= 0.6 is 0 Å². The molecule has 0 aromatic heterocycles. The van der Waals surface area contributed by atoms with Crippen molar-refractivity contribution in [2.24, 2.45) is 0 Å². The number of carbonyl (C=O) groups excluding carboxylic acids is 1. The van der Waals surface area contributed by atoms with Crippen molar-refractivity contribution in [3.63, 3.8) is 0 Å². The average Bonchev–Trinajstić information content (AvgIpc) is 3.33. The van der Waals surface area contributed by atoms with Crippen LogP contribution in [-0.2, 0) is 19.0 Å². The minimum absolute atomic E-state index is 0.0750. The summed E-state index contributed by atoms with van der Waals surface area (Å²) in [6, 6.07) is 9.90. The lowest BCUT2D eigenvalue weighted by molar-refractivity contribution is -0.191. The topological polar surface area (TPSA) is 48.0 Å². The predicted molar refractivity (Wildman–Crippen MR) is 93.0 cm³/mol. The van der Waals surface area contributed by atoms with E-state index in [-0.39, 0.29) is 12.0 Å². The van der Waals surface area contributed by atoms with Crippen LogP contribution in [0.3, 0.4) is 0 Å². The van der Waals surface area contributed by atoms with E-state index >= 15 is 0 Å². The molecule has 0 N–H and O–H groups in total. The van der Waals surface area contributed by atoms with Crippen molar-refractivity contribution >= 4 is 5.91 Å². The standard InChI is InChI=1S/C20H27NO4/c22-19(21-12-10-20(11-13-21)23-14-15-24-20)18(16-6-2-1-3-7-16)25-17-8-4-5-9-17/h1-3,6-7,17-18H,4-5,8-15H2/t18-/m1/s1. The first-order chi connectivity index (χ1) is 12.3. The van der Waals surface area contributed by atoms with Crippen molar-refractivity contribution in [2.45, 2.75) is 56.5 Å². The summed E-state index contributed by atoms with van der Waals surface area (Å²) in [4.78, 5) is 15.1. The molecule has 2 heterocycles. The van der Waals surface area contributed by atoms with Crippen LogP contribution in [0.1, 0.15) is 50.2 Å². The highest BCUT2D eigenvalue weighted by atomic mass is 16.7. The molecule has 1 amide bonds. The normalized spacial score (nSPS) is 24.7. The molecule has 1 spiro atoms. The van der Waals surface area contributed by atoms with Gasteiger partial charge in [-0.05, 0) is 18.4 Å². The van der Waals surface area contributed by atoms with Crippen LogP contribution in [0.2, 0.25) is 0 Å². The van der Waals surface area contributed by atoms with Crippen LogP contribution in [0.5, 0.6) is 0 Å². The third-order valence-corrected chi connectivity index (χ3v) is 5.61. The Labute approximate surface area is 149 Å². The van der Waals surface area contributed by atoms with Gasteiger partial charge < -0.3 is 19.1 Å². The van der Waals surface area contributed by atoms with Crippen LogP contribution in [0.15, 0.2) is 30.3 Å². The maximum atomic E-state index is 13.2. The molecule has 1 saturated carbocycles. The van der Waals surface area contributed by atoms with E-state index in [1.54, 1.807) is 0 Å².